The Balaban J connectivity index is 3.09. The second-order valence-corrected chi connectivity index (χ2v) is 5.12. The predicted octanol–water partition coefficient (Wildman–Crippen LogP) is 2.93. The third kappa shape index (κ3) is 3.64. The second kappa shape index (κ2) is 6.64. The van der Waals surface area contributed by atoms with Crippen molar-refractivity contribution in [1.82, 2.24) is 4.90 Å². The van der Waals surface area contributed by atoms with Crippen molar-refractivity contribution in [2.75, 3.05) is 34.9 Å². The van der Waals surface area contributed by atoms with Crippen molar-refractivity contribution in [2.45, 2.75) is 26.2 Å². The molecule has 0 amide bonds. The van der Waals surface area contributed by atoms with E-state index in [0.29, 0.717) is 5.92 Å². The molecule has 1 aromatic rings. The molecule has 18 heavy (non-hydrogen) atoms. The van der Waals surface area contributed by atoms with Crippen LogP contribution in [0.4, 0.5) is 0 Å². The van der Waals surface area contributed by atoms with Gasteiger partial charge in [-0.15, -0.1) is 0 Å². The van der Waals surface area contributed by atoms with Gasteiger partial charge in [0.15, 0.2) is 0 Å². The Morgan fingerprint density at radius 2 is 1.56 bits per heavy atom. The predicted molar refractivity (Wildman–Crippen MR) is 75.9 cm³/mol. The number of hydrogen-bond acceptors (Lipinski definition) is 3. The minimum Gasteiger partial charge on any atom is -0.496 e. The Hall–Kier alpha value is -1.22. The monoisotopic (exact) mass is 251 g/mol. The third-order valence-corrected chi connectivity index (χ3v) is 3.03. The van der Waals surface area contributed by atoms with Crippen LogP contribution in [-0.4, -0.2) is 39.8 Å². The average molecular weight is 251 g/mol. The van der Waals surface area contributed by atoms with Crippen molar-refractivity contribution < 1.29 is 9.47 Å². The molecule has 0 aliphatic rings. The van der Waals surface area contributed by atoms with E-state index < -0.39 is 0 Å². The van der Waals surface area contributed by atoms with Gasteiger partial charge in [0.1, 0.15) is 11.5 Å². The standard InChI is InChI=1S/C15H25NO2/c1-11(2)15-13(17-5)9-12(7-8-16(3)4)10-14(15)18-6/h9-11H,7-8H2,1-6H3. The summed E-state index contributed by atoms with van der Waals surface area (Å²) >= 11 is 0. The van der Waals surface area contributed by atoms with E-state index in [1.807, 2.05) is 0 Å². The molecule has 0 atom stereocenters. The summed E-state index contributed by atoms with van der Waals surface area (Å²) in [6.45, 7) is 5.33. The average Bonchev–Trinajstić information content (AvgIpc) is 2.34. The molecule has 0 saturated heterocycles. The van der Waals surface area contributed by atoms with Crippen molar-refractivity contribution in [3.05, 3.63) is 23.3 Å². The van der Waals surface area contributed by atoms with Crippen molar-refractivity contribution in [1.29, 1.82) is 0 Å². The fourth-order valence-electron chi connectivity index (χ4n) is 2.06. The Bertz CT molecular complexity index is 361. The number of methoxy groups -OCH3 is 2. The van der Waals surface area contributed by atoms with Gasteiger partial charge in [-0.25, -0.2) is 0 Å². The van der Waals surface area contributed by atoms with Crippen molar-refractivity contribution in [3.8, 4) is 11.5 Å². The molecular formula is C15H25NO2. The summed E-state index contributed by atoms with van der Waals surface area (Å²) in [5, 5.41) is 0. The minimum absolute atomic E-state index is 0.387. The Morgan fingerprint density at radius 1 is 1.06 bits per heavy atom. The first kappa shape index (κ1) is 14.8. The van der Waals surface area contributed by atoms with Gasteiger partial charge in [-0.2, -0.15) is 0 Å². The molecule has 0 bridgehead atoms. The largest absolute Gasteiger partial charge is 0.496 e. The van der Waals surface area contributed by atoms with E-state index in [1.54, 1.807) is 14.2 Å². The van der Waals surface area contributed by atoms with Gasteiger partial charge in [0.2, 0.25) is 0 Å². The molecule has 0 saturated carbocycles. The second-order valence-electron chi connectivity index (χ2n) is 5.12. The van der Waals surface area contributed by atoms with Gasteiger partial charge in [-0.05, 0) is 44.1 Å². The number of ether oxygens (including phenoxy) is 2. The quantitative estimate of drug-likeness (QED) is 0.776. The van der Waals surface area contributed by atoms with Crippen LogP contribution < -0.4 is 9.47 Å². The SMILES string of the molecule is COc1cc(CCN(C)C)cc(OC)c1C(C)C. The highest BCUT2D eigenvalue weighted by Crippen LogP contribution is 2.36. The Kier molecular flexibility index (Phi) is 5.48. The van der Waals surface area contributed by atoms with E-state index in [0.717, 1.165) is 30.0 Å². The summed E-state index contributed by atoms with van der Waals surface area (Å²) in [4.78, 5) is 2.18. The van der Waals surface area contributed by atoms with Crippen LogP contribution in [0, 0.1) is 0 Å². The van der Waals surface area contributed by atoms with E-state index >= 15 is 0 Å². The molecule has 0 aliphatic carbocycles. The smallest absolute Gasteiger partial charge is 0.126 e. The van der Waals surface area contributed by atoms with Crippen LogP contribution in [0.15, 0.2) is 12.1 Å². The van der Waals surface area contributed by atoms with Gasteiger partial charge in [0.05, 0.1) is 14.2 Å². The minimum atomic E-state index is 0.387. The fraction of sp³-hybridized carbons (Fsp3) is 0.600. The summed E-state index contributed by atoms with van der Waals surface area (Å²) in [6.07, 6.45) is 0.998. The van der Waals surface area contributed by atoms with E-state index in [9.17, 15) is 0 Å². The zero-order valence-corrected chi connectivity index (χ0v) is 12.4. The number of rotatable bonds is 6. The maximum absolute atomic E-state index is 5.50. The van der Waals surface area contributed by atoms with Gasteiger partial charge >= 0.3 is 0 Å². The molecule has 0 radical (unpaired) electrons. The van der Waals surface area contributed by atoms with E-state index in [-0.39, 0.29) is 0 Å². The van der Waals surface area contributed by atoms with E-state index in [2.05, 4.69) is 45.0 Å². The molecule has 3 heteroatoms. The van der Waals surface area contributed by atoms with Gasteiger partial charge in [-0.3, -0.25) is 0 Å². The Labute approximate surface area is 111 Å². The van der Waals surface area contributed by atoms with E-state index in [4.69, 9.17) is 9.47 Å². The summed E-state index contributed by atoms with van der Waals surface area (Å²) < 4.78 is 11.0. The number of nitrogens with zero attached hydrogens (tertiary/aromatic N) is 1. The van der Waals surface area contributed by atoms with Crippen LogP contribution in [0.25, 0.3) is 0 Å². The highest BCUT2D eigenvalue weighted by molar-refractivity contribution is 5.50. The van der Waals surface area contributed by atoms with Gasteiger partial charge in [0.25, 0.3) is 0 Å². The number of likely N-dealkylation sites (N-methyl/N-ethyl adjacent to an activating group) is 1. The molecule has 0 spiro atoms. The summed E-state index contributed by atoms with van der Waals surface area (Å²) in [5.74, 6) is 2.24. The van der Waals surface area contributed by atoms with Crippen LogP contribution in [0.5, 0.6) is 11.5 Å². The molecule has 102 valence electrons. The zero-order valence-electron chi connectivity index (χ0n) is 12.4. The van der Waals surface area contributed by atoms with Crippen LogP contribution in [0.1, 0.15) is 30.9 Å². The molecule has 0 unspecified atom stereocenters. The molecule has 0 aliphatic heterocycles. The van der Waals surface area contributed by atoms with Crippen LogP contribution in [0.2, 0.25) is 0 Å². The molecule has 1 aromatic carbocycles. The first-order valence-corrected chi connectivity index (χ1v) is 6.39. The Morgan fingerprint density at radius 3 is 1.89 bits per heavy atom. The first-order valence-electron chi connectivity index (χ1n) is 6.39. The lowest BCUT2D eigenvalue weighted by Crippen LogP contribution is -2.15. The van der Waals surface area contributed by atoms with Gasteiger partial charge < -0.3 is 14.4 Å². The number of hydrogen-bond donors (Lipinski definition) is 0. The topological polar surface area (TPSA) is 21.7 Å². The van der Waals surface area contributed by atoms with Crippen LogP contribution in [-0.2, 0) is 6.42 Å². The molecular weight excluding hydrogens is 226 g/mol. The van der Waals surface area contributed by atoms with Crippen molar-refractivity contribution in [3.63, 3.8) is 0 Å². The van der Waals surface area contributed by atoms with Crippen LogP contribution in [0.3, 0.4) is 0 Å². The molecule has 3 nitrogen and oxygen atoms in total. The number of benzene rings is 1. The highest BCUT2D eigenvalue weighted by atomic mass is 16.5. The third-order valence-electron chi connectivity index (χ3n) is 3.03. The lowest BCUT2D eigenvalue weighted by Gasteiger charge is -2.18. The zero-order chi connectivity index (χ0) is 13.7. The molecule has 0 heterocycles. The summed E-state index contributed by atoms with van der Waals surface area (Å²) in [5.41, 5.74) is 2.40. The normalized spacial score (nSPS) is 11.1. The van der Waals surface area contributed by atoms with E-state index in [1.165, 1.54) is 5.56 Å². The van der Waals surface area contributed by atoms with Crippen molar-refractivity contribution >= 4 is 0 Å². The molecule has 1 rings (SSSR count). The fourth-order valence-corrected chi connectivity index (χ4v) is 2.06. The molecule has 0 fully saturated rings. The van der Waals surface area contributed by atoms with Crippen molar-refractivity contribution in [2.24, 2.45) is 0 Å². The lowest BCUT2D eigenvalue weighted by atomic mass is 9.97. The molecule has 0 aromatic heterocycles. The first-order chi connectivity index (χ1) is 8.49. The van der Waals surface area contributed by atoms with Gasteiger partial charge in [-0.1, -0.05) is 13.8 Å². The summed E-state index contributed by atoms with van der Waals surface area (Å²) in [6, 6.07) is 4.25. The maximum atomic E-state index is 5.50. The van der Waals surface area contributed by atoms with Crippen LogP contribution >= 0.6 is 0 Å². The summed E-state index contributed by atoms with van der Waals surface area (Å²) in [7, 11) is 7.60. The maximum Gasteiger partial charge on any atom is 0.126 e. The lowest BCUT2D eigenvalue weighted by molar-refractivity contribution is 0.379. The van der Waals surface area contributed by atoms with Gasteiger partial charge in [0, 0.05) is 12.1 Å². The molecule has 0 N–H and O–H groups in total. The highest BCUT2D eigenvalue weighted by Gasteiger charge is 2.15.